The van der Waals surface area contributed by atoms with E-state index in [0.29, 0.717) is 12.5 Å². The lowest BCUT2D eigenvalue weighted by atomic mass is 9.91. The average Bonchev–Trinajstić information content (AvgIpc) is 2.79. The van der Waals surface area contributed by atoms with Crippen molar-refractivity contribution in [3.8, 4) is 0 Å². The van der Waals surface area contributed by atoms with E-state index in [0.717, 1.165) is 13.0 Å². The molecule has 1 N–H and O–H groups in total. The predicted octanol–water partition coefficient (Wildman–Crippen LogP) is 0.537. The van der Waals surface area contributed by atoms with Gasteiger partial charge in [-0.2, -0.15) is 0 Å². The van der Waals surface area contributed by atoms with Crippen LogP contribution in [-0.2, 0) is 14.3 Å². The Kier molecular flexibility index (Phi) is 3.36. The minimum atomic E-state index is -0.808. The molecular formula is C13H22N2O3. The Morgan fingerprint density at radius 3 is 2.67 bits per heavy atom. The van der Waals surface area contributed by atoms with Gasteiger partial charge in [-0.3, -0.25) is 9.59 Å². The van der Waals surface area contributed by atoms with Gasteiger partial charge in [-0.05, 0) is 34.1 Å². The number of carbonyl (C=O) groups excluding carboxylic acids is 2. The molecule has 2 aliphatic heterocycles. The molecule has 0 aromatic carbocycles. The zero-order valence-corrected chi connectivity index (χ0v) is 11.5. The highest BCUT2D eigenvalue weighted by atomic mass is 16.5. The van der Waals surface area contributed by atoms with Gasteiger partial charge in [0.25, 0.3) is 0 Å². The number of amides is 2. The topological polar surface area (TPSA) is 58.6 Å². The largest absolute Gasteiger partial charge is 0.381 e. The molecule has 5 nitrogen and oxygen atoms in total. The summed E-state index contributed by atoms with van der Waals surface area (Å²) >= 11 is 0. The average molecular weight is 254 g/mol. The summed E-state index contributed by atoms with van der Waals surface area (Å²) in [7, 11) is 0. The minimum Gasteiger partial charge on any atom is -0.381 e. The normalized spacial score (nSPS) is 33.4. The summed E-state index contributed by atoms with van der Waals surface area (Å²) in [5, 5.41) is 2.77. The maximum Gasteiger partial charge on any atom is 0.248 e. The highest BCUT2D eigenvalue weighted by molar-refractivity contribution is 5.99. The highest BCUT2D eigenvalue weighted by Crippen LogP contribution is 2.27. The van der Waals surface area contributed by atoms with Gasteiger partial charge in [-0.15, -0.1) is 0 Å². The Bertz CT molecular complexity index is 361. The summed E-state index contributed by atoms with van der Waals surface area (Å²) in [6.45, 7) is 8.74. The van der Waals surface area contributed by atoms with E-state index < -0.39 is 11.6 Å². The number of hydrogen-bond acceptors (Lipinski definition) is 3. The SMILES string of the molecule is CC1C(=O)NC(C)(C)C(=O)N1C(C)C1CCOC1. The molecular weight excluding hydrogens is 232 g/mol. The van der Waals surface area contributed by atoms with Crippen LogP contribution in [0.25, 0.3) is 0 Å². The summed E-state index contributed by atoms with van der Waals surface area (Å²) in [6, 6.07) is -0.360. The maximum absolute atomic E-state index is 12.5. The van der Waals surface area contributed by atoms with E-state index in [2.05, 4.69) is 5.32 Å². The third-order valence-electron chi connectivity index (χ3n) is 4.09. The molecule has 2 aliphatic rings. The van der Waals surface area contributed by atoms with Gasteiger partial charge in [0.1, 0.15) is 11.6 Å². The zero-order valence-electron chi connectivity index (χ0n) is 11.5. The molecule has 0 aromatic rings. The van der Waals surface area contributed by atoms with Gasteiger partial charge in [-0.1, -0.05) is 0 Å². The summed E-state index contributed by atoms with van der Waals surface area (Å²) in [6.07, 6.45) is 0.958. The fourth-order valence-electron chi connectivity index (χ4n) is 2.79. The third-order valence-corrected chi connectivity index (χ3v) is 4.09. The number of ether oxygens (including phenoxy) is 1. The smallest absolute Gasteiger partial charge is 0.248 e. The van der Waals surface area contributed by atoms with Crippen molar-refractivity contribution >= 4 is 11.8 Å². The molecule has 0 aliphatic carbocycles. The van der Waals surface area contributed by atoms with Crippen molar-refractivity contribution in [2.24, 2.45) is 5.92 Å². The van der Waals surface area contributed by atoms with Crippen molar-refractivity contribution in [3.05, 3.63) is 0 Å². The number of rotatable bonds is 2. The van der Waals surface area contributed by atoms with Crippen molar-refractivity contribution in [1.82, 2.24) is 10.2 Å². The molecule has 3 atom stereocenters. The van der Waals surface area contributed by atoms with Crippen molar-refractivity contribution in [2.75, 3.05) is 13.2 Å². The molecule has 0 spiro atoms. The first-order valence-electron chi connectivity index (χ1n) is 6.57. The van der Waals surface area contributed by atoms with Crippen LogP contribution in [0.2, 0.25) is 0 Å². The van der Waals surface area contributed by atoms with E-state index in [1.807, 2.05) is 6.92 Å². The number of hydrogen-bond donors (Lipinski definition) is 1. The molecule has 0 aromatic heterocycles. The molecule has 2 heterocycles. The van der Waals surface area contributed by atoms with Gasteiger partial charge in [0.15, 0.2) is 0 Å². The van der Waals surface area contributed by atoms with Gasteiger partial charge in [0, 0.05) is 18.6 Å². The summed E-state index contributed by atoms with van der Waals surface area (Å²) in [5.74, 6) is 0.248. The number of nitrogens with one attached hydrogen (secondary N) is 1. The maximum atomic E-state index is 12.5. The lowest BCUT2D eigenvalue weighted by Crippen LogP contribution is -2.69. The predicted molar refractivity (Wildman–Crippen MR) is 66.9 cm³/mol. The second-order valence-corrected chi connectivity index (χ2v) is 5.87. The molecule has 3 unspecified atom stereocenters. The molecule has 102 valence electrons. The van der Waals surface area contributed by atoms with Crippen LogP contribution in [0.3, 0.4) is 0 Å². The molecule has 2 saturated heterocycles. The Morgan fingerprint density at radius 1 is 1.44 bits per heavy atom. The zero-order chi connectivity index (χ0) is 13.5. The van der Waals surface area contributed by atoms with E-state index >= 15 is 0 Å². The van der Waals surface area contributed by atoms with Gasteiger partial charge in [0.05, 0.1) is 6.61 Å². The Labute approximate surface area is 108 Å². The molecule has 18 heavy (non-hydrogen) atoms. The molecule has 0 bridgehead atoms. The first kappa shape index (κ1) is 13.3. The van der Waals surface area contributed by atoms with Gasteiger partial charge >= 0.3 is 0 Å². The van der Waals surface area contributed by atoms with Crippen LogP contribution in [0, 0.1) is 5.92 Å². The van der Waals surface area contributed by atoms with Crippen molar-refractivity contribution in [3.63, 3.8) is 0 Å². The monoisotopic (exact) mass is 254 g/mol. The first-order valence-corrected chi connectivity index (χ1v) is 6.57. The van der Waals surface area contributed by atoms with Gasteiger partial charge in [-0.25, -0.2) is 0 Å². The van der Waals surface area contributed by atoms with Crippen LogP contribution < -0.4 is 5.32 Å². The lowest BCUT2D eigenvalue weighted by molar-refractivity contribution is -0.156. The van der Waals surface area contributed by atoms with Crippen molar-refractivity contribution < 1.29 is 14.3 Å². The van der Waals surface area contributed by atoms with E-state index in [4.69, 9.17) is 4.74 Å². The van der Waals surface area contributed by atoms with Crippen molar-refractivity contribution in [1.29, 1.82) is 0 Å². The highest BCUT2D eigenvalue weighted by Gasteiger charge is 2.46. The van der Waals surface area contributed by atoms with E-state index in [-0.39, 0.29) is 17.9 Å². The van der Waals surface area contributed by atoms with Gasteiger partial charge < -0.3 is 15.0 Å². The Balaban J connectivity index is 2.22. The standard InChI is InChI=1S/C13H22N2O3/c1-8(10-5-6-18-7-10)15-9(2)11(16)14-13(3,4)12(15)17/h8-10H,5-7H2,1-4H3,(H,14,16). The van der Waals surface area contributed by atoms with Crippen LogP contribution in [0.1, 0.15) is 34.1 Å². The molecule has 0 saturated carbocycles. The lowest BCUT2D eigenvalue weighted by Gasteiger charge is -2.45. The minimum absolute atomic E-state index is 0.00556. The number of piperazine rings is 1. The number of carbonyl (C=O) groups is 2. The molecule has 2 amide bonds. The molecule has 5 heteroatoms. The quantitative estimate of drug-likeness (QED) is 0.782. The second-order valence-electron chi connectivity index (χ2n) is 5.87. The fraction of sp³-hybridized carbons (Fsp3) is 0.846. The van der Waals surface area contributed by atoms with E-state index in [1.165, 1.54) is 0 Å². The van der Waals surface area contributed by atoms with E-state index in [1.54, 1.807) is 25.7 Å². The van der Waals surface area contributed by atoms with Crippen LogP contribution >= 0.6 is 0 Å². The summed E-state index contributed by atoms with van der Waals surface area (Å²) in [5.41, 5.74) is -0.808. The van der Waals surface area contributed by atoms with Crippen LogP contribution in [0.15, 0.2) is 0 Å². The molecule has 2 rings (SSSR count). The van der Waals surface area contributed by atoms with Crippen LogP contribution in [0.4, 0.5) is 0 Å². The molecule has 2 fully saturated rings. The van der Waals surface area contributed by atoms with Crippen LogP contribution in [-0.4, -0.2) is 47.6 Å². The summed E-state index contributed by atoms with van der Waals surface area (Å²) < 4.78 is 5.38. The van der Waals surface area contributed by atoms with Crippen LogP contribution in [0.5, 0.6) is 0 Å². The third kappa shape index (κ3) is 2.11. The molecule has 0 radical (unpaired) electrons. The summed E-state index contributed by atoms with van der Waals surface area (Å²) in [4.78, 5) is 26.2. The Morgan fingerprint density at radius 2 is 2.11 bits per heavy atom. The fourth-order valence-corrected chi connectivity index (χ4v) is 2.79. The van der Waals surface area contributed by atoms with Gasteiger partial charge in [0.2, 0.25) is 11.8 Å². The second kappa shape index (κ2) is 4.53. The Hall–Kier alpha value is -1.10. The first-order chi connectivity index (χ1) is 8.34. The number of nitrogens with zero attached hydrogens (tertiary/aromatic N) is 1. The van der Waals surface area contributed by atoms with E-state index in [9.17, 15) is 9.59 Å². The van der Waals surface area contributed by atoms with Crippen molar-refractivity contribution in [2.45, 2.75) is 51.7 Å².